The summed E-state index contributed by atoms with van der Waals surface area (Å²) in [6.45, 7) is 5.66. The molecular weight excluding hydrogens is 307 g/mol. The average Bonchev–Trinajstić information content (AvgIpc) is 2.66. The Labute approximate surface area is 149 Å². The Morgan fingerprint density at radius 1 is 0.680 bits per heavy atom. The lowest BCUT2D eigenvalue weighted by Gasteiger charge is -2.18. The third kappa shape index (κ3) is 2.88. The van der Waals surface area contributed by atoms with Crippen LogP contribution in [0.25, 0.3) is 32.3 Å². The summed E-state index contributed by atoms with van der Waals surface area (Å²) in [6, 6.07) is 19.7. The Morgan fingerprint density at radius 2 is 1.24 bits per heavy atom. The highest BCUT2D eigenvalue weighted by Gasteiger charge is 2.24. The third-order valence-corrected chi connectivity index (χ3v) is 4.76. The minimum Gasteiger partial charge on any atom is -0.407 e. The molecule has 0 N–H and O–H groups in total. The Hall–Kier alpha value is -2.10. The van der Waals surface area contributed by atoms with E-state index in [0.717, 1.165) is 18.3 Å². The van der Waals surface area contributed by atoms with Crippen molar-refractivity contribution in [3.63, 3.8) is 0 Å². The van der Waals surface area contributed by atoms with Crippen LogP contribution in [0, 0.1) is 0 Å². The van der Waals surface area contributed by atoms with Gasteiger partial charge in [0.15, 0.2) is 0 Å². The molecule has 0 saturated carbocycles. The molecule has 25 heavy (non-hydrogen) atoms. The molecule has 126 valence electrons. The average molecular weight is 330 g/mol. The van der Waals surface area contributed by atoms with Crippen LogP contribution in [0.4, 0.5) is 0 Å². The Bertz CT molecular complexity index is 971. The van der Waals surface area contributed by atoms with Crippen LogP contribution in [0.1, 0.15) is 26.7 Å². The van der Waals surface area contributed by atoms with Crippen molar-refractivity contribution in [1.29, 1.82) is 0 Å². The molecule has 0 aromatic heterocycles. The summed E-state index contributed by atoms with van der Waals surface area (Å²) in [4.78, 5) is 0. The van der Waals surface area contributed by atoms with E-state index in [0.29, 0.717) is 13.2 Å². The van der Waals surface area contributed by atoms with Crippen molar-refractivity contribution in [1.82, 2.24) is 0 Å². The van der Waals surface area contributed by atoms with E-state index in [1.54, 1.807) is 0 Å². The predicted octanol–water partition coefficient (Wildman–Crippen LogP) is 5.13. The first kappa shape index (κ1) is 16.4. The first-order valence-electron chi connectivity index (χ1n) is 9.23. The fourth-order valence-electron chi connectivity index (χ4n) is 3.64. The summed E-state index contributed by atoms with van der Waals surface area (Å²) in [5.74, 6) is 0. The van der Waals surface area contributed by atoms with Gasteiger partial charge >= 0.3 is 7.12 Å². The van der Waals surface area contributed by atoms with Gasteiger partial charge in [0.1, 0.15) is 0 Å². The van der Waals surface area contributed by atoms with Crippen molar-refractivity contribution < 1.29 is 9.31 Å². The summed E-state index contributed by atoms with van der Waals surface area (Å²) >= 11 is 0. The molecule has 0 heterocycles. The molecule has 0 fully saturated rings. The molecule has 0 amide bonds. The fraction of sp³-hybridized carbons (Fsp3) is 0.273. The predicted molar refractivity (Wildman–Crippen MR) is 108 cm³/mol. The van der Waals surface area contributed by atoms with Crippen LogP contribution in [0.3, 0.4) is 0 Å². The monoisotopic (exact) mass is 330 g/mol. The standard InChI is InChI=1S/C22H23BO2/c1-3-14-24-23(25-15-4-2)20-13-11-18-9-8-16-6-5-7-17-10-12-19(20)22(18)21(16)17/h5-13H,3-4,14-15H2,1-2H3. The Morgan fingerprint density at radius 3 is 1.88 bits per heavy atom. The molecule has 0 aliphatic rings. The van der Waals surface area contributed by atoms with E-state index in [1.807, 2.05) is 0 Å². The molecule has 0 radical (unpaired) electrons. The second kappa shape index (κ2) is 7.03. The van der Waals surface area contributed by atoms with Gasteiger partial charge in [0.25, 0.3) is 0 Å². The van der Waals surface area contributed by atoms with Crippen LogP contribution < -0.4 is 5.46 Å². The van der Waals surface area contributed by atoms with Gasteiger partial charge in [0.2, 0.25) is 0 Å². The van der Waals surface area contributed by atoms with Crippen molar-refractivity contribution >= 4 is 44.9 Å². The Balaban J connectivity index is 1.94. The molecule has 4 aromatic carbocycles. The third-order valence-electron chi connectivity index (χ3n) is 4.76. The van der Waals surface area contributed by atoms with E-state index in [9.17, 15) is 0 Å². The lowest BCUT2D eigenvalue weighted by molar-refractivity contribution is 0.208. The number of benzene rings is 4. The molecule has 0 spiro atoms. The van der Waals surface area contributed by atoms with Crippen molar-refractivity contribution in [2.24, 2.45) is 0 Å². The van der Waals surface area contributed by atoms with Crippen molar-refractivity contribution in [2.45, 2.75) is 26.7 Å². The van der Waals surface area contributed by atoms with Crippen LogP contribution in [0.15, 0.2) is 54.6 Å². The molecule has 0 aliphatic carbocycles. The van der Waals surface area contributed by atoms with Crippen molar-refractivity contribution in [2.75, 3.05) is 13.2 Å². The molecule has 3 heteroatoms. The van der Waals surface area contributed by atoms with Gasteiger partial charge < -0.3 is 9.31 Å². The highest BCUT2D eigenvalue weighted by molar-refractivity contribution is 6.65. The topological polar surface area (TPSA) is 18.5 Å². The van der Waals surface area contributed by atoms with E-state index in [-0.39, 0.29) is 7.12 Å². The maximum Gasteiger partial charge on any atom is 0.494 e. The van der Waals surface area contributed by atoms with Crippen LogP contribution in [0.5, 0.6) is 0 Å². The number of hydrogen-bond acceptors (Lipinski definition) is 2. The van der Waals surface area contributed by atoms with Gasteiger partial charge in [-0.2, -0.15) is 0 Å². The highest BCUT2D eigenvalue weighted by atomic mass is 16.6. The quantitative estimate of drug-likeness (QED) is 0.345. The molecule has 4 aromatic rings. The van der Waals surface area contributed by atoms with Crippen molar-refractivity contribution in [3.05, 3.63) is 54.6 Å². The molecule has 4 rings (SSSR count). The first-order valence-corrected chi connectivity index (χ1v) is 9.23. The van der Waals surface area contributed by atoms with E-state index in [4.69, 9.17) is 9.31 Å². The Kier molecular flexibility index (Phi) is 4.60. The maximum atomic E-state index is 6.05. The van der Waals surface area contributed by atoms with Crippen LogP contribution in [-0.4, -0.2) is 20.3 Å². The summed E-state index contributed by atoms with van der Waals surface area (Å²) in [7, 11) is -0.301. The van der Waals surface area contributed by atoms with E-state index >= 15 is 0 Å². The summed E-state index contributed by atoms with van der Waals surface area (Å²) in [6.07, 6.45) is 1.97. The maximum absolute atomic E-state index is 6.05. The SMILES string of the molecule is CCCOB(OCCC)c1ccc2ccc3cccc4ccc1c2c34. The molecule has 2 nitrogen and oxygen atoms in total. The van der Waals surface area contributed by atoms with Crippen LogP contribution in [0.2, 0.25) is 0 Å². The normalized spacial score (nSPS) is 11.8. The number of rotatable bonds is 7. The first-order chi connectivity index (χ1) is 12.3. The molecule has 0 unspecified atom stereocenters. The van der Waals surface area contributed by atoms with E-state index in [2.05, 4.69) is 68.4 Å². The minimum atomic E-state index is -0.301. The van der Waals surface area contributed by atoms with Gasteiger partial charge in [-0.25, -0.2) is 0 Å². The van der Waals surface area contributed by atoms with E-state index in [1.165, 1.54) is 32.3 Å². The summed E-state index contributed by atoms with van der Waals surface area (Å²) in [5, 5.41) is 7.73. The van der Waals surface area contributed by atoms with Gasteiger partial charge in [-0.05, 0) is 50.6 Å². The van der Waals surface area contributed by atoms with Gasteiger partial charge in [0.05, 0.1) is 0 Å². The molecular formula is C22H23BO2. The van der Waals surface area contributed by atoms with E-state index < -0.39 is 0 Å². The second-order valence-electron chi connectivity index (χ2n) is 6.58. The molecule has 0 aliphatic heterocycles. The second-order valence-corrected chi connectivity index (χ2v) is 6.58. The van der Waals surface area contributed by atoms with Gasteiger partial charge in [-0.1, -0.05) is 68.4 Å². The van der Waals surface area contributed by atoms with Crippen LogP contribution in [-0.2, 0) is 9.31 Å². The molecule has 0 atom stereocenters. The zero-order valence-electron chi connectivity index (χ0n) is 14.9. The lowest BCUT2D eigenvalue weighted by atomic mass is 9.74. The summed E-state index contributed by atoms with van der Waals surface area (Å²) in [5.41, 5.74) is 1.13. The highest BCUT2D eigenvalue weighted by Crippen LogP contribution is 2.33. The smallest absolute Gasteiger partial charge is 0.407 e. The zero-order valence-corrected chi connectivity index (χ0v) is 14.9. The molecule has 0 bridgehead atoms. The van der Waals surface area contributed by atoms with Gasteiger partial charge in [-0.3, -0.25) is 0 Å². The molecule has 0 saturated heterocycles. The fourth-order valence-corrected chi connectivity index (χ4v) is 3.64. The zero-order chi connectivity index (χ0) is 17.2. The summed E-state index contributed by atoms with van der Waals surface area (Å²) < 4.78 is 12.1. The number of hydrogen-bond donors (Lipinski definition) is 0. The van der Waals surface area contributed by atoms with Gasteiger partial charge in [-0.15, -0.1) is 0 Å². The van der Waals surface area contributed by atoms with Crippen molar-refractivity contribution in [3.8, 4) is 0 Å². The largest absolute Gasteiger partial charge is 0.494 e. The lowest BCUT2D eigenvalue weighted by Crippen LogP contribution is -2.38. The van der Waals surface area contributed by atoms with Crippen LogP contribution >= 0.6 is 0 Å². The van der Waals surface area contributed by atoms with Gasteiger partial charge in [0, 0.05) is 13.2 Å². The minimum absolute atomic E-state index is 0.301.